The summed E-state index contributed by atoms with van der Waals surface area (Å²) in [5, 5.41) is 0.551. The van der Waals surface area contributed by atoms with Crippen LogP contribution in [-0.4, -0.2) is 36.3 Å². The van der Waals surface area contributed by atoms with Gasteiger partial charge in [-0.1, -0.05) is 43.0 Å². The molecule has 0 radical (unpaired) electrons. The van der Waals surface area contributed by atoms with Gasteiger partial charge in [-0.3, -0.25) is 9.59 Å². The van der Waals surface area contributed by atoms with Crippen molar-refractivity contribution in [2.75, 3.05) is 18.5 Å². The third-order valence-electron chi connectivity index (χ3n) is 5.09. The molecule has 1 heterocycles. The first kappa shape index (κ1) is 16.3. The minimum absolute atomic E-state index is 0.0199. The lowest BCUT2D eigenvalue weighted by Gasteiger charge is -2.32. The first-order valence-electron chi connectivity index (χ1n) is 8.39. The highest BCUT2D eigenvalue weighted by Crippen LogP contribution is 2.32. The fraction of sp³-hybridized carbons (Fsp3) is 0.556. The number of para-hydroxylation sites is 1. The van der Waals surface area contributed by atoms with Crippen molar-refractivity contribution in [3.8, 4) is 0 Å². The van der Waals surface area contributed by atoms with Crippen molar-refractivity contribution in [3.05, 3.63) is 29.3 Å². The summed E-state index contributed by atoms with van der Waals surface area (Å²) in [6, 6.07) is 7.63. The number of nitrogens with zero attached hydrogens (tertiary/aromatic N) is 2. The van der Waals surface area contributed by atoms with E-state index in [1.807, 2.05) is 30.1 Å². The minimum Gasteiger partial charge on any atom is -0.342 e. The molecule has 2 aliphatic rings. The molecule has 1 aromatic carbocycles. The Bertz CT molecular complexity index is 598. The SMILES string of the molecule is CN(C(=O)[C@H]1CC(=O)N(c2ccccc2Cl)C1)C1CCCCC1. The van der Waals surface area contributed by atoms with Gasteiger partial charge in [0.15, 0.2) is 0 Å². The zero-order valence-electron chi connectivity index (χ0n) is 13.5. The molecule has 23 heavy (non-hydrogen) atoms. The molecular formula is C18H23ClN2O2. The smallest absolute Gasteiger partial charge is 0.228 e. The van der Waals surface area contributed by atoms with Crippen molar-refractivity contribution in [2.45, 2.75) is 44.6 Å². The van der Waals surface area contributed by atoms with Gasteiger partial charge in [-0.25, -0.2) is 0 Å². The molecule has 3 rings (SSSR count). The van der Waals surface area contributed by atoms with E-state index in [-0.39, 0.29) is 24.2 Å². The van der Waals surface area contributed by atoms with E-state index in [9.17, 15) is 9.59 Å². The van der Waals surface area contributed by atoms with E-state index in [4.69, 9.17) is 11.6 Å². The Morgan fingerprint density at radius 2 is 1.91 bits per heavy atom. The molecule has 0 aromatic heterocycles. The predicted octanol–water partition coefficient (Wildman–Crippen LogP) is 3.48. The van der Waals surface area contributed by atoms with Crippen LogP contribution in [0.5, 0.6) is 0 Å². The Balaban J connectivity index is 1.69. The Morgan fingerprint density at radius 1 is 1.22 bits per heavy atom. The summed E-state index contributed by atoms with van der Waals surface area (Å²) in [5.74, 6) is -0.181. The van der Waals surface area contributed by atoms with Gasteiger partial charge in [0, 0.05) is 26.1 Å². The van der Waals surface area contributed by atoms with E-state index < -0.39 is 0 Å². The largest absolute Gasteiger partial charge is 0.342 e. The van der Waals surface area contributed by atoms with Crippen LogP contribution in [0.3, 0.4) is 0 Å². The molecule has 124 valence electrons. The summed E-state index contributed by atoms with van der Waals surface area (Å²) in [6.45, 7) is 0.429. The number of hydrogen-bond acceptors (Lipinski definition) is 2. The van der Waals surface area contributed by atoms with Gasteiger partial charge in [0.2, 0.25) is 11.8 Å². The molecule has 2 fully saturated rings. The molecule has 0 bridgehead atoms. The first-order valence-corrected chi connectivity index (χ1v) is 8.77. The molecule has 1 saturated carbocycles. The number of amides is 2. The Kier molecular flexibility index (Phi) is 4.90. The van der Waals surface area contributed by atoms with Crippen LogP contribution in [0.2, 0.25) is 5.02 Å². The number of anilines is 1. The average molecular weight is 335 g/mol. The number of halogens is 1. The van der Waals surface area contributed by atoms with E-state index in [1.165, 1.54) is 19.3 Å². The monoisotopic (exact) mass is 334 g/mol. The van der Waals surface area contributed by atoms with Crippen molar-refractivity contribution >= 4 is 29.1 Å². The maximum atomic E-state index is 12.8. The van der Waals surface area contributed by atoms with Gasteiger partial charge < -0.3 is 9.80 Å². The lowest BCUT2D eigenvalue weighted by Crippen LogP contribution is -2.42. The second-order valence-corrected chi connectivity index (χ2v) is 7.00. The molecule has 0 N–H and O–H groups in total. The van der Waals surface area contributed by atoms with Crippen LogP contribution in [-0.2, 0) is 9.59 Å². The summed E-state index contributed by atoms with van der Waals surface area (Å²) >= 11 is 6.19. The van der Waals surface area contributed by atoms with Crippen LogP contribution >= 0.6 is 11.6 Å². The summed E-state index contributed by atoms with van der Waals surface area (Å²) < 4.78 is 0. The summed E-state index contributed by atoms with van der Waals surface area (Å²) in [4.78, 5) is 28.6. The Hall–Kier alpha value is -1.55. The van der Waals surface area contributed by atoms with Crippen LogP contribution in [0, 0.1) is 5.92 Å². The lowest BCUT2D eigenvalue weighted by atomic mass is 9.93. The number of carbonyl (C=O) groups is 2. The van der Waals surface area contributed by atoms with Gasteiger partial charge in [-0.15, -0.1) is 0 Å². The molecule has 5 heteroatoms. The van der Waals surface area contributed by atoms with Crippen molar-refractivity contribution in [2.24, 2.45) is 5.92 Å². The molecule has 0 spiro atoms. The van der Waals surface area contributed by atoms with Crippen LogP contribution in [0.1, 0.15) is 38.5 Å². The molecule has 1 saturated heterocycles. The number of rotatable bonds is 3. The van der Waals surface area contributed by atoms with E-state index in [1.54, 1.807) is 11.0 Å². The molecule has 1 aromatic rings. The molecule has 0 unspecified atom stereocenters. The van der Waals surface area contributed by atoms with Gasteiger partial charge in [-0.05, 0) is 25.0 Å². The lowest BCUT2D eigenvalue weighted by molar-refractivity contribution is -0.137. The second kappa shape index (κ2) is 6.91. The van der Waals surface area contributed by atoms with Crippen molar-refractivity contribution in [1.82, 2.24) is 4.90 Å². The summed E-state index contributed by atoms with van der Waals surface area (Å²) in [7, 11) is 1.89. The number of carbonyl (C=O) groups excluding carboxylic acids is 2. The van der Waals surface area contributed by atoms with Crippen LogP contribution < -0.4 is 4.90 Å². The van der Waals surface area contributed by atoms with E-state index in [0.29, 0.717) is 23.3 Å². The molecule has 1 aliphatic carbocycles. The average Bonchev–Trinajstić information content (AvgIpc) is 2.96. The van der Waals surface area contributed by atoms with Crippen molar-refractivity contribution in [3.63, 3.8) is 0 Å². The highest BCUT2D eigenvalue weighted by molar-refractivity contribution is 6.33. The topological polar surface area (TPSA) is 40.6 Å². The zero-order valence-corrected chi connectivity index (χ0v) is 14.3. The normalized spacial score (nSPS) is 22.4. The first-order chi connectivity index (χ1) is 11.1. The quantitative estimate of drug-likeness (QED) is 0.849. The van der Waals surface area contributed by atoms with Gasteiger partial charge in [-0.2, -0.15) is 0 Å². The second-order valence-electron chi connectivity index (χ2n) is 6.60. The highest BCUT2D eigenvalue weighted by atomic mass is 35.5. The van der Waals surface area contributed by atoms with Gasteiger partial charge >= 0.3 is 0 Å². The van der Waals surface area contributed by atoms with Crippen molar-refractivity contribution in [1.29, 1.82) is 0 Å². The van der Waals surface area contributed by atoms with Crippen LogP contribution in [0.25, 0.3) is 0 Å². The van der Waals surface area contributed by atoms with E-state index in [0.717, 1.165) is 12.8 Å². The third-order valence-corrected chi connectivity index (χ3v) is 5.41. The maximum absolute atomic E-state index is 12.8. The molecule has 2 amide bonds. The fourth-order valence-electron chi connectivity index (χ4n) is 3.71. The minimum atomic E-state index is -0.259. The highest BCUT2D eigenvalue weighted by Gasteiger charge is 2.38. The van der Waals surface area contributed by atoms with E-state index in [2.05, 4.69) is 0 Å². The molecular weight excluding hydrogens is 312 g/mol. The van der Waals surface area contributed by atoms with Gasteiger partial charge in [0.05, 0.1) is 16.6 Å². The molecule has 1 atom stereocenters. The zero-order chi connectivity index (χ0) is 16.4. The van der Waals surface area contributed by atoms with Gasteiger partial charge in [0.25, 0.3) is 0 Å². The maximum Gasteiger partial charge on any atom is 0.228 e. The molecule has 4 nitrogen and oxygen atoms in total. The van der Waals surface area contributed by atoms with Crippen molar-refractivity contribution < 1.29 is 9.59 Å². The van der Waals surface area contributed by atoms with E-state index >= 15 is 0 Å². The molecule has 1 aliphatic heterocycles. The Morgan fingerprint density at radius 3 is 2.61 bits per heavy atom. The summed E-state index contributed by atoms with van der Waals surface area (Å²) in [6.07, 6.45) is 6.09. The summed E-state index contributed by atoms with van der Waals surface area (Å²) in [5.41, 5.74) is 0.704. The van der Waals surface area contributed by atoms with Crippen LogP contribution in [0.15, 0.2) is 24.3 Å². The third kappa shape index (κ3) is 3.37. The standard InChI is InChI=1S/C18H23ClN2O2/c1-20(14-7-3-2-4-8-14)18(23)13-11-17(22)21(12-13)16-10-6-5-9-15(16)19/h5-6,9-10,13-14H,2-4,7-8,11-12H2,1H3/t13-/m0/s1. The predicted molar refractivity (Wildman–Crippen MR) is 91.6 cm³/mol. The fourth-order valence-corrected chi connectivity index (χ4v) is 3.95. The van der Waals surface area contributed by atoms with Crippen LogP contribution in [0.4, 0.5) is 5.69 Å². The Labute approximate surface area is 142 Å². The number of hydrogen-bond donors (Lipinski definition) is 0. The van der Waals surface area contributed by atoms with Gasteiger partial charge in [0.1, 0.15) is 0 Å². The number of benzene rings is 1.